The summed E-state index contributed by atoms with van der Waals surface area (Å²) >= 11 is 0. The molecule has 0 amide bonds. The summed E-state index contributed by atoms with van der Waals surface area (Å²) in [4.78, 5) is 0.346. The fourth-order valence-corrected chi connectivity index (χ4v) is 4.50. The number of benzene rings is 3. The highest BCUT2D eigenvalue weighted by molar-refractivity contribution is 7.93. The Labute approximate surface area is 137 Å². The molecule has 118 valence electrons. The molecule has 0 heterocycles. The number of sulfonamides is 1. The van der Waals surface area contributed by atoms with Crippen LogP contribution in [0.25, 0.3) is 10.8 Å². The van der Waals surface area contributed by atoms with Crippen molar-refractivity contribution in [3.63, 3.8) is 0 Å². The first-order chi connectivity index (χ1) is 11.0. The van der Waals surface area contributed by atoms with E-state index in [1.165, 1.54) is 4.31 Å². The molecule has 3 rings (SSSR count). The Morgan fingerprint density at radius 3 is 2.35 bits per heavy atom. The molecule has 3 nitrogen and oxygen atoms in total. The van der Waals surface area contributed by atoms with Gasteiger partial charge >= 0.3 is 0 Å². The second-order valence-corrected chi connectivity index (χ2v) is 7.32. The lowest BCUT2D eigenvalue weighted by molar-refractivity contribution is 0.593. The van der Waals surface area contributed by atoms with Crippen molar-refractivity contribution in [3.8, 4) is 0 Å². The highest BCUT2D eigenvalue weighted by Gasteiger charge is 2.25. The Bertz CT molecular complexity index is 943. The van der Waals surface area contributed by atoms with Crippen molar-refractivity contribution in [2.24, 2.45) is 0 Å². The van der Waals surface area contributed by atoms with Gasteiger partial charge in [0, 0.05) is 11.9 Å². The van der Waals surface area contributed by atoms with Crippen LogP contribution in [0.1, 0.15) is 12.5 Å². The summed E-state index contributed by atoms with van der Waals surface area (Å²) in [5, 5.41) is 1.68. The lowest BCUT2D eigenvalue weighted by Gasteiger charge is -2.24. The minimum Gasteiger partial charge on any atom is -0.267 e. The van der Waals surface area contributed by atoms with E-state index < -0.39 is 10.0 Å². The SMILES string of the molecule is CCN(c1cccc(C)c1)S(=O)(=O)c1cccc2ccccc12. The van der Waals surface area contributed by atoms with Crippen LogP contribution in [-0.2, 0) is 10.0 Å². The summed E-state index contributed by atoms with van der Waals surface area (Å²) < 4.78 is 27.9. The van der Waals surface area contributed by atoms with Gasteiger partial charge in [0.25, 0.3) is 10.0 Å². The van der Waals surface area contributed by atoms with Gasteiger partial charge in [0.05, 0.1) is 10.6 Å². The van der Waals surface area contributed by atoms with Crippen molar-refractivity contribution >= 4 is 26.5 Å². The molecule has 0 bridgehead atoms. The summed E-state index contributed by atoms with van der Waals surface area (Å²) in [6.07, 6.45) is 0. The highest BCUT2D eigenvalue weighted by atomic mass is 32.2. The van der Waals surface area contributed by atoms with Crippen molar-refractivity contribution in [2.45, 2.75) is 18.7 Å². The predicted octanol–water partition coefficient (Wildman–Crippen LogP) is 4.36. The monoisotopic (exact) mass is 325 g/mol. The quantitative estimate of drug-likeness (QED) is 0.714. The molecule has 0 aromatic heterocycles. The van der Waals surface area contributed by atoms with E-state index in [2.05, 4.69) is 0 Å². The average Bonchev–Trinajstić information content (AvgIpc) is 2.55. The van der Waals surface area contributed by atoms with E-state index in [1.54, 1.807) is 12.1 Å². The molecular weight excluding hydrogens is 306 g/mol. The molecule has 4 heteroatoms. The van der Waals surface area contributed by atoms with Gasteiger partial charge in [-0.3, -0.25) is 4.31 Å². The lowest BCUT2D eigenvalue weighted by atomic mass is 10.1. The third kappa shape index (κ3) is 2.82. The van der Waals surface area contributed by atoms with Crippen LogP contribution in [0, 0.1) is 6.92 Å². The van der Waals surface area contributed by atoms with E-state index in [-0.39, 0.29) is 0 Å². The van der Waals surface area contributed by atoms with E-state index in [0.717, 1.165) is 16.3 Å². The normalized spacial score (nSPS) is 11.6. The van der Waals surface area contributed by atoms with Gasteiger partial charge in [-0.15, -0.1) is 0 Å². The Balaban J connectivity index is 2.19. The Hall–Kier alpha value is -2.33. The minimum atomic E-state index is -3.61. The van der Waals surface area contributed by atoms with Crippen molar-refractivity contribution in [3.05, 3.63) is 72.3 Å². The first-order valence-electron chi connectivity index (χ1n) is 7.61. The molecule has 0 saturated heterocycles. The van der Waals surface area contributed by atoms with E-state index in [9.17, 15) is 8.42 Å². The molecule has 0 fully saturated rings. The van der Waals surface area contributed by atoms with Gasteiger partial charge < -0.3 is 0 Å². The maximum atomic E-state index is 13.2. The predicted molar refractivity (Wildman–Crippen MR) is 95.3 cm³/mol. The lowest BCUT2D eigenvalue weighted by Crippen LogP contribution is -2.31. The number of fused-ring (bicyclic) bond motifs is 1. The maximum absolute atomic E-state index is 13.2. The van der Waals surface area contributed by atoms with Crippen LogP contribution in [0.5, 0.6) is 0 Å². The van der Waals surface area contributed by atoms with Crippen LogP contribution in [0.4, 0.5) is 5.69 Å². The van der Waals surface area contributed by atoms with Gasteiger partial charge in [-0.25, -0.2) is 8.42 Å². The summed E-state index contributed by atoms with van der Waals surface area (Å²) in [5.74, 6) is 0. The summed E-state index contributed by atoms with van der Waals surface area (Å²) in [6.45, 7) is 4.20. The molecule has 0 saturated carbocycles. The van der Waals surface area contributed by atoms with Gasteiger partial charge in [-0.2, -0.15) is 0 Å². The fourth-order valence-electron chi connectivity index (χ4n) is 2.81. The van der Waals surface area contributed by atoms with Gasteiger partial charge in [0.2, 0.25) is 0 Å². The van der Waals surface area contributed by atoms with Crippen molar-refractivity contribution in [1.82, 2.24) is 0 Å². The van der Waals surface area contributed by atoms with Crippen molar-refractivity contribution in [1.29, 1.82) is 0 Å². The summed E-state index contributed by atoms with van der Waals surface area (Å²) in [7, 11) is -3.61. The standard InChI is InChI=1S/C19H19NO2S/c1-3-20(17-11-6-8-15(2)14-17)23(21,22)19-13-7-10-16-9-4-5-12-18(16)19/h4-14H,3H2,1-2H3. The molecule has 0 atom stereocenters. The molecule has 0 N–H and O–H groups in total. The van der Waals surface area contributed by atoms with Crippen LogP contribution in [0.15, 0.2) is 71.6 Å². The van der Waals surface area contributed by atoms with Gasteiger partial charge in [-0.05, 0) is 43.0 Å². The molecule has 0 aliphatic heterocycles. The largest absolute Gasteiger partial charge is 0.267 e. The third-order valence-electron chi connectivity index (χ3n) is 3.89. The summed E-state index contributed by atoms with van der Waals surface area (Å²) in [5.41, 5.74) is 1.73. The van der Waals surface area contributed by atoms with Crippen molar-refractivity contribution in [2.75, 3.05) is 10.8 Å². The van der Waals surface area contributed by atoms with Gasteiger partial charge in [0.15, 0.2) is 0 Å². The van der Waals surface area contributed by atoms with Crippen LogP contribution in [0.2, 0.25) is 0 Å². The molecule has 0 aliphatic rings. The number of anilines is 1. The van der Waals surface area contributed by atoms with Crippen LogP contribution >= 0.6 is 0 Å². The first kappa shape index (κ1) is 15.6. The molecule has 0 aliphatic carbocycles. The molecular formula is C19H19NO2S. The summed E-state index contributed by atoms with van der Waals surface area (Å²) in [6, 6.07) is 20.5. The van der Waals surface area contributed by atoms with Crippen LogP contribution < -0.4 is 4.31 Å². The zero-order valence-electron chi connectivity index (χ0n) is 13.2. The second kappa shape index (κ2) is 6.05. The van der Waals surface area contributed by atoms with Crippen LogP contribution in [0.3, 0.4) is 0 Å². The third-order valence-corrected chi connectivity index (χ3v) is 5.86. The molecule has 23 heavy (non-hydrogen) atoms. The first-order valence-corrected chi connectivity index (χ1v) is 9.05. The molecule has 3 aromatic rings. The van der Waals surface area contributed by atoms with E-state index >= 15 is 0 Å². The number of hydrogen-bond acceptors (Lipinski definition) is 2. The number of hydrogen-bond donors (Lipinski definition) is 0. The zero-order valence-corrected chi connectivity index (χ0v) is 14.0. The topological polar surface area (TPSA) is 37.4 Å². The fraction of sp³-hybridized carbons (Fsp3) is 0.158. The number of nitrogens with zero attached hydrogens (tertiary/aromatic N) is 1. The Kier molecular flexibility index (Phi) is 4.09. The van der Waals surface area contributed by atoms with E-state index in [1.807, 2.05) is 68.4 Å². The smallest absolute Gasteiger partial charge is 0.264 e. The van der Waals surface area contributed by atoms with E-state index in [0.29, 0.717) is 17.1 Å². The molecule has 0 unspecified atom stereocenters. The maximum Gasteiger partial charge on any atom is 0.264 e. The van der Waals surface area contributed by atoms with Gasteiger partial charge in [-0.1, -0.05) is 48.5 Å². The highest BCUT2D eigenvalue weighted by Crippen LogP contribution is 2.29. The Morgan fingerprint density at radius 1 is 0.913 bits per heavy atom. The van der Waals surface area contributed by atoms with E-state index in [4.69, 9.17) is 0 Å². The minimum absolute atomic E-state index is 0.346. The van der Waals surface area contributed by atoms with Crippen molar-refractivity contribution < 1.29 is 8.42 Å². The van der Waals surface area contributed by atoms with Gasteiger partial charge in [0.1, 0.15) is 0 Å². The number of rotatable bonds is 4. The van der Waals surface area contributed by atoms with Crippen LogP contribution in [-0.4, -0.2) is 15.0 Å². The molecule has 0 radical (unpaired) electrons. The molecule has 3 aromatic carbocycles. The average molecular weight is 325 g/mol. The molecule has 0 spiro atoms. The number of aryl methyl sites for hydroxylation is 1. The zero-order chi connectivity index (χ0) is 16.4. The second-order valence-electron chi connectivity index (χ2n) is 5.49. The Morgan fingerprint density at radius 2 is 1.61 bits per heavy atom.